The Labute approximate surface area is 122 Å². The highest BCUT2D eigenvalue weighted by Gasteiger charge is 2.09. The maximum atomic E-state index is 12.1. The van der Waals surface area contributed by atoms with Crippen LogP contribution in [0.1, 0.15) is 10.4 Å². The molecule has 0 saturated carbocycles. The Hall–Kier alpha value is -1.95. The number of anilines is 1. The van der Waals surface area contributed by atoms with Gasteiger partial charge in [0.05, 0.1) is 0 Å². The quantitative estimate of drug-likeness (QED) is 0.900. The predicted molar refractivity (Wildman–Crippen MR) is 75.2 cm³/mol. The molecule has 20 heavy (non-hydrogen) atoms. The lowest BCUT2D eigenvalue weighted by Crippen LogP contribution is -2.12. The first-order valence-corrected chi connectivity index (χ1v) is 6.46. The highest BCUT2D eigenvalue weighted by molar-refractivity contribution is 9.10. The number of nitrogens with one attached hydrogen (secondary N) is 1. The van der Waals surface area contributed by atoms with Crippen LogP contribution in [0.5, 0.6) is 5.75 Å². The number of ether oxygens (including phenoxy) is 1. The molecule has 2 rings (SSSR count). The molecule has 0 radical (unpaired) electrons. The summed E-state index contributed by atoms with van der Waals surface area (Å²) in [5.41, 5.74) is 0.851. The van der Waals surface area contributed by atoms with E-state index < -0.39 is 12.5 Å². The van der Waals surface area contributed by atoms with Gasteiger partial charge in [-0.25, -0.2) is 0 Å². The van der Waals surface area contributed by atoms with E-state index in [0.29, 0.717) is 5.69 Å². The summed E-state index contributed by atoms with van der Waals surface area (Å²) < 4.78 is 29.4. The van der Waals surface area contributed by atoms with Crippen molar-refractivity contribution in [3.8, 4) is 5.75 Å². The summed E-state index contributed by atoms with van der Waals surface area (Å²) in [5.74, 6) is -0.449. The summed E-state index contributed by atoms with van der Waals surface area (Å²) in [6.07, 6.45) is 0. The number of hydrogen-bond donors (Lipinski definition) is 1. The van der Waals surface area contributed by atoms with Crippen LogP contribution in [0.4, 0.5) is 14.5 Å². The molecule has 104 valence electrons. The molecule has 0 spiro atoms. The van der Waals surface area contributed by atoms with Gasteiger partial charge in [-0.3, -0.25) is 4.79 Å². The maximum Gasteiger partial charge on any atom is 0.387 e. The molecule has 0 aliphatic heterocycles. The molecule has 1 N–H and O–H groups in total. The van der Waals surface area contributed by atoms with E-state index in [-0.39, 0.29) is 11.3 Å². The van der Waals surface area contributed by atoms with Gasteiger partial charge in [-0.1, -0.05) is 22.0 Å². The van der Waals surface area contributed by atoms with Gasteiger partial charge in [0.25, 0.3) is 5.91 Å². The van der Waals surface area contributed by atoms with Crippen LogP contribution in [0.2, 0.25) is 0 Å². The highest BCUT2D eigenvalue weighted by atomic mass is 79.9. The number of carbonyl (C=O) groups is 1. The molecule has 0 unspecified atom stereocenters. The minimum absolute atomic E-state index is 0.0524. The number of hydrogen-bond acceptors (Lipinski definition) is 2. The number of amides is 1. The largest absolute Gasteiger partial charge is 0.435 e. The summed E-state index contributed by atoms with van der Waals surface area (Å²) in [7, 11) is 0. The van der Waals surface area contributed by atoms with Gasteiger partial charge in [-0.15, -0.1) is 0 Å². The lowest BCUT2D eigenvalue weighted by molar-refractivity contribution is -0.0498. The van der Waals surface area contributed by atoms with Crippen molar-refractivity contribution in [1.82, 2.24) is 0 Å². The van der Waals surface area contributed by atoms with Gasteiger partial charge < -0.3 is 10.1 Å². The van der Waals surface area contributed by atoms with Crippen molar-refractivity contribution in [3.05, 3.63) is 58.6 Å². The normalized spacial score (nSPS) is 10.4. The number of halogens is 3. The molecule has 0 bridgehead atoms. The Balaban J connectivity index is 2.10. The average Bonchev–Trinajstić information content (AvgIpc) is 2.41. The number of benzene rings is 2. The van der Waals surface area contributed by atoms with Crippen LogP contribution < -0.4 is 10.1 Å². The Morgan fingerprint density at radius 1 is 1.15 bits per heavy atom. The van der Waals surface area contributed by atoms with E-state index in [1.807, 2.05) is 0 Å². The van der Waals surface area contributed by atoms with Crippen LogP contribution in [0.15, 0.2) is 53.0 Å². The molecular formula is C14H10BrF2NO2. The standard InChI is InChI=1S/C14H10BrF2NO2/c15-10-4-6-11(7-5-10)18-13(19)9-2-1-3-12(8-9)20-14(16)17/h1-8,14H,(H,18,19). The van der Waals surface area contributed by atoms with Gasteiger partial charge in [0.1, 0.15) is 5.75 Å². The van der Waals surface area contributed by atoms with Crippen molar-refractivity contribution in [2.45, 2.75) is 6.61 Å². The van der Waals surface area contributed by atoms with Gasteiger partial charge >= 0.3 is 6.61 Å². The maximum absolute atomic E-state index is 12.1. The van der Waals surface area contributed by atoms with Gasteiger partial charge in [-0.2, -0.15) is 8.78 Å². The minimum atomic E-state index is -2.92. The first-order chi connectivity index (χ1) is 9.54. The molecule has 0 atom stereocenters. The second-order valence-corrected chi connectivity index (χ2v) is 4.78. The summed E-state index contributed by atoms with van der Waals surface area (Å²) in [6.45, 7) is -2.92. The topological polar surface area (TPSA) is 38.3 Å². The predicted octanol–water partition coefficient (Wildman–Crippen LogP) is 4.30. The van der Waals surface area contributed by atoms with Crippen molar-refractivity contribution in [3.63, 3.8) is 0 Å². The zero-order valence-electron chi connectivity index (χ0n) is 10.1. The molecule has 2 aromatic rings. The van der Waals surface area contributed by atoms with Crippen LogP contribution in [0, 0.1) is 0 Å². The van der Waals surface area contributed by atoms with E-state index in [0.717, 1.165) is 4.47 Å². The molecule has 0 aliphatic rings. The Morgan fingerprint density at radius 2 is 1.85 bits per heavy atom. The third-order valence-corrected chi connectivity index (χ3v) is 2.95. The Bertz CT molecular complexity index is 602. The summed E-state index contributed by atoms with van der Waals surface area (Å²) in [5, 5.41) is 2.66. The molecule has 0 heterocycles. The first kappa shape index (κ1) is 14.5. The second kappa shape index (κ2) is 6.47. The zero-order valence-corrected chi connectivity index (χ0v) is 11.7. The molecule has 1 amide bonds. The molecule has 0 saturated heterocycles. The Kier molecular flexibility index (Phi) is 4.68. The highest BCUT2D eigenvalue weighted by Crippen LogP contribution is 2.18. The molecule has 6 heteroatoms. The molecular weight excluding hydrogens is 332 g/mol. The van der Waals surface area contributed by atoms with E-state index in [4.69, 9.17) is 0 Å². The second-order valence-electron chi connectivity index (χ2n) is 3.87. The van der Waals surface area contributed by atoms with Crippen molar-refractivity contribution < 1.29 is 18.3 Å². The molecule has 0 aromatic heterocycles. The van der Waals surface area contributed by atoms with E-state index in [9.17, 15) is 13.6 Å². The number of alkyl halides is 2. The van der Waals surface area contributed by atoms with Crippen molar-refractivity contribution >= 4 is 27.5 Å². The van der Waals surface area contributed by atoms with E-state index >= 15 is 0 Å². The summed E-state index contributed by atoms with van der Waals surface area (Å²) >= 11 is 3.29. The third kappa shape index (κ3) is 4.03. The minimum Gasteiger partial charge on any atom is -0.435 e. The van der Waals surface area contributed by atoms with Crippen molar-refractivity contribution in [2.75, 3.05) is 5.32 Å². The van der Waals surface area contributed by atoms with Crippen LogP contribution in [-0.2, 0) is 0 Å². The number of rotatable bonds is 4. The van der Waals surface area contributed by atoms with Crippen LogP contribution in [0.25, 0.3) is 0 Å². The fourth-order valence-electron chi connectivity index (χ4n) is 1.55. The van der Waals surface area contributed by atoms with E-state index in [1.54, 1.807) is 24.3 Å². The fraction of sp³-hybridized carbons (Fsp3) is 0.0714. The summed E-state index contributed by atoms with van der Waals surface area (Å²) in [4.78, 5) is 12.0. The third-order valence-electron chi connectivity index (χ3n) is 2.42. The van der Waals surface area contributed by atoms with Crippen LogP contribution >= 0.6 is 15.9 Å². The summed E-state index contributed by atoms with van der Waals surface area (Å²) in [6, 6.07) is 12.6. The number of carbonyl (C=O) groups excluding carboxylic acids is 1. The molecule has 0 aliphatic carbocycles. The lowest BCUT2D eigenvalue weighted by Gasteiger charge is -2.08. The monoisotopic (exact) mass is 341 g/mol. The SMILES string of the molecule is O=C(Nc1ccc(Br)cc1)c1cccc(OC(F)F)c1. The Morgan fingerprint density at radius 3 is 2.50 bits per heavy atom. The van der Waals surface area contributed by atoms with Gasteiger partial charge in [-0.05, 0) is 42.5 Å². The lowest BCUT2D eigenvalue weighted by atomic mass is 10.2. The van der Waals surface area contributed by atoms with Crippen molar-refractivity contribution in [2.24, 2.45) is 0 Å². The first-order valence-electron chi connectivity index (χ1n) is 5.66. The molecule has 2 aromatic carbocycles. The smallest absolute Gasteiger partial charge is 0.387 e. The van der Waals surface area contributed by atoms with Gasteiger partial charge in [0, 0.05) is 15.7 Å². The van der Waals surface area contributed by atoms with Crippen LogP contribution in [0.3, 0.4) is 0 Å². The fourth-order valence-corrected chi connectivity index (χ4v) is 1.81. The van der Waals surface area contributed by atoms with Crippen molar-refractivity contribution in [1.29, 1.82) is 0 Å². The molecule has 0 fully saturated rings. The van der Waals surface area contributed by atoms with Crippen LogP contribution in [-0.4, -0.2) is 12.5 Å². The van der Waals surface area contributed by atoms with E-state index in [1.165, 1.54) is 24.3 Å². The van der Waals surface area contributed by atoms with E-state index in [2.05, 4.69) is 26.0 Å². The van der Waals surface area contributed by atoms with Gasteiger partial charge in [0.15, 0.2) is 0 Å². The van der Waals surface area contributed by atoms with Gasteiger partial charge in [0.2, 0.25) is 0 Å². The average molecular weight is 342 g/mol. The molecule has 3 nitrogen and oxygen atoms in total. The zero-order chi connectivity index (χ0) is 14.5.